The molecular formula is C16H17ClOS. The summed E-state index contributed by atoms with van der Waals surface area (Å²) in [6, 6.07) is 15.8. The second kappa shape index (κ2) is 6.99. The molecule has 2 aromatic rings. The summed E-state index contributed by atoms with van der Waals surface area (Å²) in [4.78, 5) is 1.12. The van der Waals surface area contributed by atoms with Crippen molar-refractivity contribution in [1.29, 1.82) is 0 Å². The maximum absolute atomic E-state index is 10.2. The zero-order valence-electron chi connectivity index (χ0n) is 10.8. The second-order valence-electron chi connectivity index (χ2n) is 4.38. The maximum atomic E-state index is 10.2. The molecule has 1 atom stereocenters. The summed E-state index contributed by atoms with van der Waals surface area (Å²) in [5.74, 6) is 0.646. The van der Waals surface area contributed by atoms with Gasteiger partial charge in [-0.05, 0) is 41.8 Å². The molecule has 3 heteroatoms. The van der Waals surface area contributed by atoms with Gasteiger partial charge in [-0.15, -0.1) is 11.8 Å². The van der Waals surface area contributed by atoms with E-state index in [1.165, 1.54) is 5.56 Å². The molecule has 19 heavy (non-hydrogen) atoms. The first-order valence-corrected chi connectivity index (χ1v) is 7.70. The Morgan fingerprint density at radius 2 is 1.68 bits per heavy atom. The van der Waals surface area contributed by atoms with Gasteiger partial charge in [0.15, 0.2) is 0 Å². The number of benzene rings is 2. The maximum Gasteiger partial charge on any atom is 0.0883 e. The van der Waals surface area contributed by atoms with Crippen LogP contribution in [-0.2, 0) is 6.42 Å². The van der Waals surface area contributed by atoms with Gasteiger partial charge in [-0.25, -0.2) is 0 Å². The molecule has 2 rings (SSSR count). The summed E-state index contributed by atoms with van der Waals surface area (Å²) in [5, 5.41) is 10.9. The van der Waals surface area contributed by atoms with Gasteiger partial charge in [0.2, 0.25) is 0 Å². The van der Waals surface area contributed by atoms with Crippen LogP contribution in [0.15, 0.2) is 53.4 Å². The van der Waals surface area contributed by atoms with Crippen LogP contribution in [0.2, 0.25) is 5.02 Å². The molecule has 0 fully saturated rings. The van der Waals surface area contributed by atoms with Gasteiger partial charge in [-0.2, -0.15) is 0 Å². The van der Waals surface area contributed by atoms with Crippen LogP contribution < -0.4 is 0 Å². The summed E-state index contributed by atoms with van der Waals surface area (Å²) in [5.41, 5.74) is 2.26. The largest absolute Gasteiger partial charge is 0.388 e. The van der Waals surface area contributed by atoms with Gasteiger partial charge in [0.25, 0.3) is 0 Å². The first-order valence-electron chi connectivity index (χ1n) is 6.34. The SMILES string of the molecule is CCc1ccc(C(O)CSc2ccc(Cl)cc2)cc1. The van der Waals surface area contributed by atoms with Crippen molar-refractivity contribution in [3.63, 3.8) is 0 Å². The fraction of sp³-hybridized carbons (Fsp3) is 0.250. The van der Waals surface area contributed by atoms with E-state index >= 15 is 0 Å². The third-order valence-corrected chi connectivity index (χ3v) is 4.33. The molecule has 0 saturated heterocycles. The van der Waals surface area contributed by atoms with E-state index in [-0.39, 0.29) is 0 Å². The van der Waals surface area contributed by atoms with Gasteiger partial charge in [0.05, 0.1) is 6.10 Å². The number of aliphatic hydroxyl groups excluding tert-OH is 1. The Kier molecular flexibility index (Phi) is 5.32. The van der Waals surface area contributed by atoms with Crippen molar-refractivity contribution < 1.29 is 5.11 Å². The second-order valence-corrected chi connectivity index (χ2v) is 5.91. The van der Waals surface area contributed by atoms with Crippen LogP contribution in [0.25, 0.3) is 0 Å². The third-order valence-electron chi connectivity index (χ3n) is 2.99. The lowest BCUT2D eigenvalue weighted by molar-refractivity contribution is 0.204. The minimum absolute atomic E-state index is 0.438. The highest BCUT2D eigenvalue weighted by molar-refractivity contribution is 7.99. The number of aliphatic hydroxyl groups is 1. The summed E-state index contributed by atoms with van der Waals surface area (Å²) >= 11 is 7.47. The highest BCUT2D eigenvalue weighted by Gasteiger charge is 2.08. The molecule has 1 nitrogen and oxygen atoms in total. The normalized spacial score (nSPS) is 12.4. The Hall–Kier alpha value is -0.960. The van der Waals surface area contributed by atoms with E-state index < -0.39 is 6.10 Å². The summed E-state index contributed by atoms with van der Waals surface area (Å²) in [6.07, 6.45) is 0.585. The van der Waals surface area contributed by atoms with Crippen molar-refractivity contribution in [2.75, 3.05) is 5.75 Å². The average molecular weight is 293 g/mol. The third kappa shape index (κ3) is 4.27. The molecule has 100 valence electrons. The van der Waals surface area contributed by atoms with Gasteiger partial charge < -0.3 is 5.11 Å². The lowest BCUT2D eigenvalue weighted by Gasteiger charge is -2.11. The van der Waals surface area contributed by atoms with Gasteiger partial charge in [-0.3, -0.25) is 0 Å². The van der Waals surface area contributed by atoms with Crippen LogP contribution in [0.5, 0.6) is 0 Å². The van der Waals surface area contributed by atoms with Gasteiger partial charge in [0, 0.05) is 15.7 Å². The Labute approximate surface area is 123 Å². The smallest absolute Gasteiger partial charge is 0.0883 e. The van der Waals surface area contributed by atoms with Crippen LogP contribution in [-0.4, -0.2) is 10.9 Å². The van der Waals surface area contributed by atoms with E-state index in [1.807, 2.05) is 36.4 Å². The molecule has 0 amide bonds. The minimum Gasteiger partial charge on any atom is -0.388 e. The van der Waals surface area contributed by atoms with E-state index in [9.17, 15) is 5.11 Å². The van der Waals surface area contributed by atoms with Crippen molar-refractivity contribution in [2.45, 2.75) is 24.3 Å². The van der Waals surface area contributed by atoms with E-state index in [1.54, 1.807) is 11.8 Å². The molecule has 0 aliphatic carbocycles. The molecule has 0 saturated carbocycles. The van der Waals surface area contributed by atoms with Crippen molar-refractivity contribution in [3.05, 3.63) is 64.7 Å². The molecule has 0 heterocycles. The molecule has 0 aliphatic rings. The Morgan fingerprint density at radius 3 is 2.26 bits per heavy atom. The van der Waals surface area contributed by atoms with E-state index in [0.717, 1.165) is 21.9 Å². The topological polar surface area (TPSA) is 20.2 Å². The minimum atomic E-state index is -0.438. The summed E-state index contributed by atoms with van der Waals surface area (Å²) in [6.45, 7) is 2.13. The summed E-state index contributed by atoms with van der Waals surface area (Å²) in [7, 11) is 0. The molecule has 2 aromatic carbocycles. The van der Waals surface area contributed by atoms with Gasteiger partial charge in [0.1, 0.15) is 0 Å². The number of thioether (sulfide) groups is 1. The fourth-order valence-corrected chi connectivity index (χ4v) is 2.77. The highest BCUT2D eigenvalue weighted by atomic mass is 35.5. The van der Waals surface area contributed by atoms with E-state index in [4.69, 9.17) is 11.6 Å². The van der Waals surface area contributed by atoms with Crippen molar-refractivity contribution in [1.82, 2.24) is 0 Å². The monoisotopic (exact) mass is 292 g/mol. The van der Waals surface area contributed by atoms with Crippen molar-refractivity contribution >= 4 is 23.4 Å². The molecule has 0 aromatic heterocycles. The number of hydrogen-bond acceptors (Lipinski definition) is 2. The molecule has 0 bridgehead atoms. The summed E-state index contributed by atoms with van der Waals surface area (Å²) < 4.78 is 0. The van der Waals surface area contributed by atoms with Gasteiger partial charge >= 0.3 is 0 Å². The molecule has 0 spiro atoms. The van der Waals surface area contributed by atoms with E-state index in [2.05, 4.69) is 19.1 Å². The van der Waals surface area contributed by atoms with E-state index in [0.29, 0.717) is 5.75 Å². The molecule has 0 aliphatic heterocycles. The molecule has 1 N–H and O–H groups in total. The zero-order chi connectivity index (χ0) is 13.7. The van der Waals surface area contributed by atoms with Crippen LogP contribution in [0.1, 0.15) is 24.2 Å². The molecule has 0 radical (unpaired) electrons. The predicted molar refractivity (Wildman–Crippen MR) is 83.0 cm³/mol. The number of hydrogen-bond donors (Lipinski definition) is 1. The first-order chi connectivity index (χ1) is 9.19. The standard InChI is InChI=1S/C16H17ClOS/c1-2-12-3-5-13(6-4-12)16(18)11-19-15-9-7-14(17)8-10-15/h3-10,16,18H,2,11H2,1H3. The lowest BCUT2D eigenvalue weighted by atomic mass is 10.1. The average Bonchev–Trinajstić information content (AvgIpc) is 2.46. The Bertz CT molecular complexity index is 507. The number of aryl methyl sites for hydroxylation is 1. The lowest BCUT2D eigenvalue weighted by Crippen LogP contribution is -2.00. The van der Waals surface area contributed by atoms with Crippen LogP contribution in [0, 0.1) is 0 Å². The highest BCUT2D eigenvalue weighted by Crippen LogP contribution is 2.26. The Balaban J connectivity index is 1.93. The quantitative estimate of drug-likeness (QED) is 0.804. The van der Waals surface area contributed by atoms with Crippen LogP contribution in [0.4, 0.5) is 0 Å². The molecular weight excluding hydrogens is 276 g/mol. The number of halogens is 1. The van der Waals surface area contributed by atoms with Crippen molar-refractivity contribution in [2.24, 2.45) is 0 Å². The first kappa shape index (κ1) is 14.4. The Morgan fingerprint density at radius 1 is 1.05 bits per heavy atom. The predicted octanol–water partition coefficient (Wildman–Crippen LogP) is 4.73. The number of rotatable bonds is 5. The van der Waals surface area contributed by atoms with Crippen LogP contribution >= 0.6 is 23.4 Å². The fourth-order valence-electron chi connectivity index (χ4n) is 1.78. The molecule has 1 unspecified atom stereocenters. The van der Waals surface area contributed by atoms with Gasteiger partial charge in [-0.1, -0.05) is 42.8 Å². The van der Waals surface area contributed by atoms with Crippen LogP contribution in [0.3, 0.4) is 0 Å². The zero-order valence-corrected chi connectivity index (χ0v) is 12.4. The van der Waals surface area contributed by atoms with Crippen molar-refractivity contribution in [3.8, 4) is 0 Å².